The Labute approximate surface area is 99.2 Å². The van der Waals surface area contributed by atoms with E-state index in [2.05, 4.69) is 29.2 Å². The summed E-state index contributed by atoms with van der Waals surface area (Å²) in [7, 11) is 1.28. The highest BCUT2D eigenvalue weighted by molar-refractivity contribution is 7.80. The molecule has 0 N–H and O–H groups in total. The van der Waals surface area contributed by atoms with Gasteiger partial charge in [-0.2, -0.15) is 12.6 Å². The van der Waals surface area contributed by atoms with Gasteiger partial charge in [-0.05, 0) is 18.2 Å². The van der Waals surface area contributed by atoms with E-state index in [4.69, 9.17) is 0 Å². The number of carbonyl (C=O) groups excluding carboxylic acids is 1. The van der Waals surface area contributed by atoms with Crippen LogP contribution in [0.25, 0.3) is 0 Å². The van der Waals surface area contributed by atoms with Crippen molar-refractivity contribution in [3.8, 4) is 11.8 Å². The fourth-order valence-corrected chi connectivity index (χ4v) is 1.19. The lowest BCUT2D eigenvalue weighted by molar-refractivity contribution is 0.0600. The molecule has 16 heavy (non-hydrogen) atoms. The Balaban J connectivity index is 3.01. The van der Waals surface area contributed by atoms with E-state index in [9.17, 15) is 9.18 Å². The summed E-state index contributed by atoms with van der Waals surface area (Å²) in [5.41, 5.74) is 0.490. The van der Waals surface area contributed by atoms with Crippen molar-refractivity contribution in [2.45, 2.75) is 6.42 Å². The first-order chi connectivity index (χ1) is 7.69. The van der Waals surface area contributed by atoms with Crippen molar-refractivity contribution in [2.24, 2.45) is 0 Å². The van der Waals surface area contributed by atoms with Crippen LogP contribution in [-0.4, -0.2) is 18.8 Å². The zero-order chi connectivity index (χ0) is 12.0. The summed E-state index contributed by atoms with van der Waals surface area (Å²) in [4.78, 5) is 11.2. The summed E-state index contributed by atoms with van der Waals surface area (Å²) in [5.74, 6) is 5.08. The Morgan fingerprint density at radius 3 is 2.94 bits per heavy atom. The van der Waals surface area contributed by atoms with E-state index < -0.39 is 11.8 Å². The lowest BCUT2D eigenvalue weighted by Crippen LogP contribution is -2.02. The predicted molar refractivity (Wildman–Crippen MR) is 63.1 cm³/mol. The zero-order valence-corrected chi connectivity index (χ0v) is 9.68. The Bertz CT molecular complexity index is 446. The Morgan fingerprint density at radius 1 is 1.56 bits per heavy atom. The van der Waals surface area contributed by atoms with Gasteiger partial charge in [-0.3, -0.25) is 0 Å². The van der Waals surface area contributed by atoms with Gasteiger partial charge < -0.3 is 4.74 Å². The number of hydrogen-bond acceptors (Lipinski definition) is 3. The third kappa shape index (κ3) is 3.28. The van der Waals surface area contributed by atoms with Crippen LogP contribution in [0.3, 0.4) is 0 Å². The topological polar surface area (TPSA) is 26.3 Å². The molecule has 0 aliphatic heterocycles. The van der Waals surface area contributed by atoms with Gasteiger partial charge in [-0.15, -0.1) is 0 Å². The van der Waals surface area contributed by atoms with Gasteiger partial charge in [-0.1, -0.05) is 11.8 Å². The van der Waals surface area contributed by atoms with E-state index in [1.165, 1.54) is 25.3 Å². The third-order valence-corrected chi connectivity index (χ3v) is 2.07. The number of hydrogen-bond donors (Lipinski definition) is 1. The molecular weight excluding hydrogens is 227 g/mol. The summed E-state index contributed by atoms with van der Waals surface area (Å²) in [6.45, 7) is 0. The second kappa shape index (κ2) is 6.19. The fourth-order valence-electron chi connectivity index (χ4n) is 1.08. The van der Waals surface area contributed by atoms with Crippen molar-refractivity contribution in [3.63, 3.8) is 0 Å². The highest BCUT2D eigenvalue weighted by atomic mass is 32.1. The summed E-state index contributed by atoms with van der Waals surface area (Å²) in [6.07, 6.45) is 0.574. The van der Waals surface area contributed by atoms with Gasteiger partial charge in [0.25, 0.3) is 0 Å². The molecule has 0 aliphatic carbocycles. The van der Waals surface area contributed by atoms with Crippen LogP contribution in [0.5, 0.6) is 0 Å². The van der Waals surface area contributed by atoms with Gasteiger partial charge in [0.2, 0.25) is 0 Å². The predicted octanol–water partition coefficient (Wildman–Crippen LogP) is 2.28. The number of benzene rings is 1. The van der Waals surface area contributed by atoms with Crippen LogP contribution >= 0.6 is 12.6 Å². The molecule has 0 aromatic heterocycles. The largest absolute Gasteiger partial charge is 0.465 e. The van der Waals surface area contributed by atoms with Gasteiger partial charge in [0, 0.05) is 12.2 Å². The van der Waals surface area contributed by atoms with Crippen LogP contribution < -0.4 is 0 Å². The van der Waals surface area contributed by atoms with E-state index in [0.717, 1.165) is 0 Å². The molecule has 0 aliphatic rings. The minimum Gasteiger partial charge on any atom is -0.465 e. The maximum Gasteiger partial charge on any atom is 0.337 e. The molecule has 0 radical (unpaired) electrons. The summed E-state index contributed by atoms with van der Waals surface area (Å²) < 4.78 is 17.8. The van der Waals surface area contributed by atoms with Crippen LogP contribution in [0.4, 0.5) is 4.39 Å². The van der Waals surface area contributed by atoms with E-state index >= 15 is 0 Å². The van der Waals surface area contributed by atoms with Gasteiger partial charge in [0.1, 0.15) is 5.82 Å². The number of esters is 1. The number of halogens is 1. The molecule has 4 heteroatoms. The van der Waals surface area contributed by atoms with Gasteiger partial charge in [-0.25, -0.2) is 9.18 Å². The molecule has 1 aromatic carbocycles. The minimum absolute atomic E-state index is 0.199. The Hall–Kier alpha value is -1.47. The van der Waals surface area contributed by atoms with Gasteiger partial charge >= 0.3 is 5.97 Å². The minimum atomic E-state index is -0.503. The SMILES string of the molecule is COC(=O)c1ccc(F)c(C#CCCS)c1. The smallest absolute Gasteiger partial charge is 0.337 e. The summed E-state index contributed by atoms with van der Waals surface area (Å²) >= 11 is 3.99. The standard InChI is InChI=1S/C12H11FO2S/c1-15-12(14)10-5-6-11(13)9(8-10)4-2-3-7-16/h5-6,8,16H,3,7H2,1H3. The van der Waals surface area contributed by atoms with Crippen molar-refractivity contribution in [3.05, 3.63) is 35.1 Å². The molecule has 0 saturated carbocycles. The number of thiol groups is 1. The molecule has 0 heterocycles. The quantitative estimate of drug-likeness (QED) is 0.486. The van der Waals surface area contributed by atoms with Gasteiger partial charge in [0.05, 0.1) is 18.2 Å². The lowest BCUT2D eigenvalue weighted by Gasteiger charge is -2.00. The lowest BCUT2D eigenvalue weighted by atomic mass is 10.1. The van der Waals surface area contributed by atoms with Crippen LogP contribution in [0.1, 0.15) is 22.3 Å². The summed E-state index contributed by atoms with van der Waals surface area (Å²) in [5, 5.41) is 0. The van der Waals surface area contributed by atoms with Crippen LogP contribution in [0, 0.1) is 17.7 Å². The first-order valence-electron chi connectivity index (χ1n) is 4.66. The Kier molecular flexibility index (Phi) is 4.87. The molecule has 0 fully saturated rings. The van der Waals surface area contributed by atoms with Crippen molar-refractivity contribution in [2.75, 3.05) is 12.9 Å². The van der Waals surface area contributed by atoms with Crippen molar-refractivity contribution in [1.29, 1.82) is 0 Å². The molecule has 0 bridgehead atoms. The maximum atomic E-state index is 13.3. The highest BCUT2D eigenvalue weighted by Crippen LogP contribution is 2.10. The third-order valence-electron chi connectivity index (χ3n) is 1.85. The molecule has 0 saturated heterocycles. The average molecular weight is 238 g/mol. The molecule has 1 aromatic rings. The van der Waals surface area contributed by atoms with Crippen molar-refractivity contribution >= 4 is 18.6 Å². The second-order valence-corrected chi connectivity index (χ2v) is 3.41. The molecule has 0 atom stereocenters. The number of ether oxygens (including phenoxy) is 1. The van der Waals surface area contributed by atoms with E-state index in [1.807, 2.05) is 0 Å². The summed E-state index contributed by atoms with van der Waals surface area (Å²) in [6, 6.07) is 3.95. The molecule has 0 amide bonds. The highest BCUT2D eigenvalue weighted by Gasteiger charge is 2.08. The molecule has 0 spiro atoms. The molecule has 1 rings (SSSR count). The normalized spacial score (nSPS) is 9.19. The maximum absolute atomic E-state index is 13.3. The van der Waals surface area contributed by atoms with Crippen LogP contribution in [-0.2, 0) is 4.74 Å². The number of rotatable bonds is 2. The van der Waals surface area contributed by atoms with Gasteiger partial charge in [0.15, 0.2) is 0 Å². The fraction of sp³-hybridized carbons (Fsp3) is 0.250. The monoisotopic (exact) mass is 238 g/mol. The van der Waals surface area contributed by atoms with E-state index in [1.54, 1.807) is 0 Å². The molecular formula is C12H11FO2S. The zero-order valence-electron chi connectivity index (χ0n) is 8.79. The van der Waals surface area contributed by atoms with Crippen LogP contribution in [0.15, 0.2) is 18.2 Å². The average Bonchev–Trinajstić information content (AvgIpc) is 2.31. The second-order valence-electron chi connectivity index (χ2n) is 2.96. The van der Waals surface area contributed by atoms with Crippen molar-refractivity contribution < 1.29 is 13.9 Å². The molecule has 2 nitrogen and oxygen atoms in total. The van der Waals surface area contributed by atoms with Crippen LogP contribution in [0.2, 0.25) is 0 Å². The molecule has 84 valence electrons. The number of carbonyl (C=O) groups is 1. The molecule has 0 unspecified atom stereocenters. The number of methoxy groups -OCH3 is 1. The van der Waals surface area contributed by atoms with Crippen molar-refractivity contribution in [1.82, 2.24) is 0 Å². The Morgan fingerprint density at radius 2 is 2.31 bits per heavy atom. The van der Waals surface area contributed by atoms with E-state index in [-0.39, 0.29) is 5.56 Å². The van der Waals surface area contributed by atoms with E-state index in [0.29, 0.717) is 17.7 Å². The first kappa shape index (κ1) is 12.6. The first-order valence-corrected chi connectivity index (χ1v) is 5.30.